The van der Waals surface area contributed by atoms with Gasteiger partial charge in [-0.25, -0.2) is 14.0 Å². The van der Waals surface area contributed by atoms with Gasteiger partial charge in [0.15, 0.2) is 6.10 Å². The second-order valence-corrected chi connectivity index (χ2v) is 9.02. The molecule has 226 valence electrons. The Morgan fingerprint density at radius 1 is 0.881 bits per heavy atom. The number of hydrogen-bond donors (Lipinski definition) is 1. The zero-order chi connectivity index (χ0) is 30.5. The van der Waals surface area contributed by atoms with Crippen LogP contribution in [0.5, 0.6) is 17.2 Å². The summed E-state index contributed by atoms with van der Waals surface area (Å²) in [4.78, 5) is 25.5. The Balaban J connectivity index is 1.59. The summed E-state index contributed by atoms with van der Waals surface area (Å²) in [6.45, 7) is 2.37. The normalized spacial score (nSPS) is 11.9. The third-order valence-corrected chi connectivity index (χ3v) is 5.90. The van der Waals surface area contributed by atoms with E-state index in [2.05, 4.69) is 0 Å². The van der Waals surface area contributed by atoms with Gasteiger partial charge in [0, 0.05) is 19.6 Å². The lowest BCUT2D eigenvalue weighted by molar-refractivity contribution is -0.150. The number of carbonyl (C=O) groups is 2. The molecule has 0 fully saturated rings. The van der Waals surface area contributed by atoms with Gasteiger partial charge in [-0.05, 0) is 73.5 Å². The molecule has 0 aliphatic rings. The molecule has 0 bridgehead atoms. The first-order chi connectivity index (χ1) is 20.0. The maximum atomic E-state index is 13.1. The molecule has 0 radical (unpaired) electrons. The number of aliphatic carboxylic acids is 1. The van der Waals surface area contributed by atoms with Crippen molar-refractivity contribution in [3.05, 3.63) is 89.7 Å². The number of halogens is 4. The molecule has 3 aromatic rings. The molecule has 1 amide bonds. The van der Waals surface area contributed by atoms with Crippen LogP contribution in [-0.2, 0) is 22.1 Å². The fourth-order valence-corrected chi connectivity index (χ4v) is 3.80. The van der Waals surface area contributed by atoms with Gasteiger partial charge in [-0.2, -0.15) is 13.2 Å². The number of carboxylic acid groups (broad SMARTS) is 1. The van der Waals surface area contributed by atoms with Gasteiger partial charge in [0.05, 0.1) is 18.7 Å². The fraction of sp³-hybridized carbons (Fsp3) is 0.333. The average molecular weight is 594 g/mol. The molecule has 42 heavy (non-hydrogen) atoms. The second kappa shape index (κ2) is 15.6. The van der Waals surface area contributed by atoms with E-state index in [1.54, 1.807) is 31.2 Å². The van der Waals surface area contributed by atoms with E-state index in [-0.39, 0.29) is 45.1 Å². The number of hydrogen-bond acceptors (Lipinski definition) is 6. The molecule has 0 aliphatic carbocycles. The lowest BCUT2D eigenvalue weighted by Gasteiger charge is -2.22. The van der Waals surface area contributed by atoms with Gasteiger partial charge in [-0.3, -0.25) is 0 Å². The third-order valence-electron chi connectivity index (χ3n) is 5.90. The van der Waals surface area contributed by atoms with Crippen LogP contribution in [0.4, 0.5) is 22.4 Å². The Hall–Kier alpha value is -4.32. The summed E-state index contributed by atoms with van der Waals surface area (Å²) in [6.07, 6.45) is -5.91. The molecule has 0 saturated heterocycles. The molecule has 0 aliphatic heterocycles. The lowest BCUT2D eigenvalue weighted by atomic mass is 10.1. The number of ether oxygens (including phenoxy) is 4. The van der Waals surface area contributed by atoms with Crippen LogP contribution in [-0.4, -0.2) is 61.1 Å². The fourth-order valence-electron chi connectivity index (χ4n) is 3.80. The first-order valence-corrected chi connectivity index (χ1v) is 13.1. The van der Waals surface area contributed by atoms with Crippen LogP contribution >= 0.6 is 0 Å². The zero-order valence-electron chi connectivity index (χ0n) is 22.8. The summed E-state index contributed by atoms with van der Waals surface area (Å²) in [5.41, 5.74) is -0.217. The van der Waals surface area contributed by atoms with Gasteiger partial charge in [0.2, 0.25) is 0 Å². The van der Waals surface area contributed by atoms with Gasteiger partial charge in [-0.15, -0.1) is 0 Å². The van der Waals surface area contributed by atoms with Gasteiger partial charge in [0.1, 0.15) is 29.7 Å². The van der Waals surface area contributed by atoms with Crippen LogP contribution in [0.3, 0.4) is 0 Å². The van der Waals surface area contributed by atoms with E-state index in [0.29, 0.717) is 17.9 Å². The minimum absolute atomic E-state index is 0.0343. The van der Waals surface area contributed by atoms with E-state index < -0.39 is 35.7 Å². The minimum atomic E-state index is -4.60. The summed E-state index contributed by atoms with van der Waals surface area (Å²) in [5.74, 6) is -0.816. The van der Waals surface area contributed by atoms with E-state index in [1.807, 2.05) is 0 Å². The van der Waals surface area contributed by atoms with Crippen LogP contribution in [0.25, 0.3) is 0 Å². The molecule has 1 atom stereocenters. The standard InChI is InChI=1S/C30H31F4NO7/c1-2-39-27(28(36)37)19-21-7-11-24(12-8-21)41-18-16-35(15-4-17-40-25-13-9-23(31)10-14-25)29(38)42-26-6-3-5-22(20-26)30(32,33)34/h3,5-14,20,27H,2,4,15-19H2,1H3,(H,36,37). The highest BCUT2D eigenvalue weighted by Gasteiger charge is 2.31. The molecule has 0 saturated carbocycles. The molecular weight excluding hydrogens is 562 g/mol. The first-order valence-electron chi connectivity index (χ1n) is 13.1. The first kappa shape index (κ1) is 32.2. The molecule has 0 aromatic heterocycles. The second-order valence-electron chi connectivity index (χ2n) is 9.02. The van der Waals surface area contributed by atoms with Gasteiger partial charge in [-0.1, -0.05) is 18.2 Å². The van der Waals surface area contributed by atoms with Crippen molar-refractivity contribution in [2.45, 2.75) is 32.0 Å². The summed E-state index contributed by atoms with van der Waals surface area (Å²) < 4.78 is 74.1. The van der Waals surface area contributed by atoms with Crippen molar-refractivity contribution in [1.82, 2.24) is 4.90 Å². The molecule has 1 N–H and O–H groups in total. The lowest BCUT2D eigenvalue weighted by Crippen LogP contribution is -2.38. The minimum Gasteiger partial charge on any atom is -0.494 e. The summed E-state index contributed by atoms with van der Waals surface area (Å²) >= 11 is 0. The monoisotopic (exact) mass is 593 g/mol. The van der Waals surface area contributed by atoms with E-state index in [1.165, 1.54) is 35.2 Å². The Morgan fingerprint density at radius 3 is 2.14 bits per heavy atom. The predicted molar refractivity (Wildman–Crippen MR) is 144 cm³/mol. The number of carbonyl (C=O) groups excluding carboxylic acids is 1. The van der Waals surface area contributed by atoms with E-state index in [0.717, 1.165) is 23.8 Å². The maximum Gasteiger partial charge on any atom is 0.416 e. The van der Waals surface area contributed by atoms with Crippen molar-refractivity contribution in [1.29, 1.82) is 0 Å². The Labute approximate surface area is 240 Å². The zero-order valence-corrected chi connectivity index (χ0v) is 22.8. The molecule has 0 heterocycles. The number of carboxylic acids is 1. The van der Waals surface area contributed by atoms with E-state index in [9.17, 15) is 32.3 Å². The smallest absolute Gasteiger partial charge is 0.416 e. The Kier molecular flexibility index (Phi) is 12.0. The summed E-state index contributed by atoms with van der Waals surface area (Å²) in [6, 6.07) is 16.2. The predicted octanol–water partition coefficient (Wildman–Crippen LogP) is 6.23. The number of alkyl halides is 3. The topological polar surface area (TPSA) is 94.5 Å². The molecular formula is C30H31F4NO7. The quantitative estimate of drug-likeness (QED) is 0.165. The van der Waals surface area contributed by atoms with Crippen LogP contribution in [0.15, 0.2) is 72.8 Å². The Bertz CT molecular complexity index is 1280. The summed E-state index contributed by atoms with van der Waals surface area (Å²) in [5, 5.41) is 9.26. The van der Waals surface area contributed by atoms with Crippen molar-refractivity contribution in [2.75, 3.05) is 32.9 Å². The van der Waals surface area contributed by atoms with Crippen molar-refractivity contribution in [3.63, 3.8) is 0 Å². The molecule has 3 aromatic carbocycles. The number of rotatable bonds is 15. The van der Waals surface area contributed by atoms with Crippen molar-refractivity contribution >= 4 is 12.1 Å². The van der Waals surface area contributed by atoms with Gasteiger partial charge in [0.25, 0.3) is 0 Å². The average Bonchev–Trinajstić information content (AvgIpc) is 2.95. The number of nitrogens with zero attached hydrogens (tertiary/aromatic N) is 1. The molecule has 8 nitrogen and oxygen atoms in total. The van der Waals surface area contributed by atoms with Gasteiger partial charge < -0.3 is 29.0 Å². The van der Waals surface area contributed by atoms with E-state index in [4.69, 9.17) is 18.9 Å². The van der Waals surface area contributed by atoms with Crippen LogP contribution in [0, 0.1) is 5.82 Å². The van der Waals surface area contributed by atoms with Crippen molar-refractivity contribution in [3.8, 4) is 17.2 Å². The highest BCUT2D eigenvalue weighted by Crippen LogP contribution is 2.31. The molecule has 3 rings (SSSR count). The van der Waals surface area contributed by atoms with Crippen LogP contribution in [0.1, 0.15) is 24.5 Å². The molecule has 0 spiro atoms. The largest absolute Gasteiger partial charge is 0.494 e. The van der Waals surface area contributed by atoms with Crippen molar-refractivity contribution in [2.24, 2.45) is 0 Å². The van der Waals surface area contributed by atoms with E-state index >= 15 is 0 Å². The summed E-state index contributed by atoms with van der Waals surface area (Å²) in [7, 11) is 0. The SMILES string of the molecule is CCOC(Cc1ccc(OCCN(CCCOc2ccc(F)cc2)C(=O)Oc2cccc(C(F)(F)F)c2)cc1)C(=O)O. The highest BCUT2D eigenvalue weighted by atomic mass is 19.4. The van der Waals surface area contributed by atoms with Gasteiger partial charge >= 0.3 is 18.2 Å². The third kappa shape index (κ3) is 10.6. The number of benzene rings is 3. The maximum absolute atomic E-state index is 13.1. The molecule has 1 unspecified atom stereocenters. The number of amides is 1. The van der Waals surface area contributed by atoms with Crippen LogP contribution in [0.2, 0.25) is 0 Å². The molecule has 12 heteroatoms. The Morgan fingerprint density at radius 2 is 1.52 bits per heavy atom. The van der Waals surface area contributed by atoms with Crippen molar-refractivity contribution < 1.29 is 51.2 Å². The highest BCUT2D eigenvalue weighted by molar-refractivity contribution is 5.72. The van der Waals surface area contributed by atoms with Crippen LogP contribution < -0.4 is 14.2 Å².